The number of hydrogen-bond acceptors (Lipinski definition) is 4. The molecule has 1 amide bonds. The fourth-order valence-corrected chi connectivity index (χ4v) is 3.80. The summed E-state index contributed by atoms with van der Waals surface area (Å²) in [5.74, 6) is 0.205. The molecular weight excluding hydrogens is 377 g/mol. The molecule has 1 aliphatic rings. The maximum absolute atomic E-state index is 12.4. The Morgan fingerprint density at radius 1 is 1.12 bits per heavy atom. The number of rotatable bonds is 4. The average Bonchev–Trinajstić information content (AvgIpc) is 2.58. The molecule has 7 heteroatoms. The molecule has 136 valence electrons. The zero-order chi connectivity index (χ0) is 16.1. The first kappa shape index (κ1) is 21.6. The zero-order valence-electron chi connectivity index (χ0n) is 13.8. The summed E-state index contributed by atoms with van der Waals surface area (Å²) in [6.45, 7) is 1.66. The molecule has 0 radical (unpaired) electrons. The van der Waals surface area contributed by atoms with Crippen LogP contribution in [0.3, 0.4) is 0 Å². The summed E-state index contributed by atoms with van der Waals surface area (Å²) >= 11 is 1.82. The predicted octanol–water partition coefficient (Wildman–Crippen LogP) is 3.83. The normalized spacial score (nSPS) is 14.3. The van der Waals surface area contributed by atoms with Gasteiger partial charge in [0.1, 0.15) is 0 Å². The number of benzene rings is 1. The van der Waals surface area contributed by atoms with Crippen LogP contribution in [0.5, 0.6) is 0 Å². The first-order chi connectivity index (χ1) is 11.2. The number of carbonyl (C=O) groups excluding carboxylic acids is 1. The Morgan fingerprint density at radius 3 is 2.40 bits per heavy atom. The van der Waals surface area contributed by atoms with Crippen molar-refractivity contribution in [3.8, 4) is 0 Å². The van der Waals surface area contributed by atoms with Gasteiger partial charge in [-0.3, -0.25) is 4.79 Å². The molecular formula is C18H23Cl2N3OS. The van der Waals surface area contributed by atoms with E-state index in [1.807, 2.05) is 65.3 Å². The van der Waals surface area contributed by atoms with Crippen molar-refractivity contribution in [3.05, 3.63) is 54.2 Å². The third kappa shape index (κ3) is 6.42. The summed E-state index contributed by atoms with van der Waals surface area (Å²) in [7, 11) is 0. The van der Waals surface area contributed by atoms with Crippen molar-refractivity contribution in [1.29, 1.82) is 0 Å². The number of likely N-dealkylation sites (tertiary alicyclic amines) is 1. The SMILES string of the molecule is Cl.Cl.Nc1ccc(CC(=O)N2CCC(Sc3ccccn3)CC2)cc1. The molecule has 3 rings (SSSR count). The molecule has 1 saturated heterocycles. The van der Waals surface area contributed by atoms with E-state index in [0.717, 1.165) is 42.2 Å². The number of nitrogens with zero attached hydrogens (tertiary/aromatic N) is 2. The first-order valence-electron chi connectivity index (χ1n) is 7.90. The minimum atomic E-state index is 0. The minimum Gasteiger partial charge on any atom is -0.399 e. The molecule has 2 heterocycles. The molecule has 2 aromatic rings. The number of anilines is 1. The summed E-state index contributed by atoms with van der Waals surface area (Å²) < 4.78 is 0. The van der Waals surface area contributed by atoms with Crippen LogP contribution in [-0.4, -0.2) is 34.1 Å². The van der Waals surface area contributed by atoms with Crippen LogP contribution in [0, 0.1) is 0 Å². The number of aromatic nitrogens is 1. The van der Waals surface area contributed by atoms with Crippen molar-refractivity contribution in [1.82, 2.24) is 9.88 Å². The molecule has 1 aliphatic heterocycles. The van der Waals surface area contributed by atoms with Crippen LogP contribution in [0.15, 0.2) is 53.7 Å². The molecule has 0 unspecified atom stereocenters. The number of nitrogen functional groups attached to an aromatic ring is 1. The van der Waals surface area contributed by atoms with E-state index in [2.05, 4.69) is 4.98 Å². The monoisotopic (exact) mass is 399 g/mol. The molecule has 1 aromatic heterocycles. The number of piperidine rings is 1. The van der Waals surface area contributed by atoms with Gasteiger partial charge in [-0.1, -0.05) is 18.2 Å². The van der Waals surface area contributed by atoms with E-state index in [4.69, 9.17) is 5.73 Å². The number of hydrogen-bond donors (Lipinski definition) is 1. The molecule has 1 fully saturated rings. The molecule has 2 N–H and O–H groups in total. The van der Waals surface area contributed by atoms with Crippen LogP contribution in [0.1, 0.15) is 18.4 Å². The van der Waals surface area contributed by atoms with E-state index < -0.39 is 0 Å². The van der Waals surface area contributed by atoms with Crippen LogP contribution < -0.4 is 5.73 Å². The third-order valence-electron chi connectivity index (χ3n) is 4.05. The topological polar surface area (TPSA) is 59.2 Å². The van der Waals surface area contributed by atoms with Gasteiger partial charge in [0.2, 0.25) is 5.91 Å². The maximum Gasteiger partial charge on any atom is 0.226 e. The lowest BCUT2D eigenvalue weighted by Crippen LogP contribution is -2.40. The third-order valence-corrected chi connectivity index (χ3v) is 5.34. The number of nitrogens with two attached hydrogens (primary N) is 1. The van der Waals surface area contributed by atoms with Crippen molar-refractivity contribution >= 4 is 48.2 Å². The highest BCUT2D eigenvalue weighted by atomic mass is 35.5. The Bertz CT molecular complexity index is 647. The van der Waals surface area contributed by atoms with Crippen LogP contribution in [0.25, 0.3) is 0 Å². The standard InChI is InChI=1S/C18H21N3OS.2ClH/c19-15-6-4-14(5-7-15)13-18(22)21-11-8-16(9-12-21)23-17-3-1-2-10-20-17;;/h1-7,10,16H,8-9,11-13,19H2;2*1H. The Balaban J connectivity index is 0.00000156. The summed E-state index contributed by atoms with van der Waals surface area (Å²) in [5, 5.41) is 1.62. The Kier molecular flexibility index (Phi) is 9.11. The predicted molar refractivity (Wildman–Crippen MR) is 109 cm³/mol. The van der Waals surface area contributed by atoms with E-state index in [9.17, 15) is 4.79 Å². The number of halogens is 2. The van der Waals surface area contributed by atoms with Gasteiger partial charge in [-0.2, -0.15) is 0 Å². The van der Waals surface area contributed by atoms with Gasteiger partial charge in [-0.25, -0.2) is 4.98 Å². The van der Waals surface area contributed by atoms with E-state index in [1.54, 1.807) is 0 Å². The molecule has 0 atom stereocenters. The number of carbonyl (C=O) groups is 1. The van der Waals surface area contributed by atoms with Gasteiger partial charge in [0.25, 0.3) is 0 Å². The zero-order valence-corrected chi connectivity index (χ0v) is 16.3. The summed E-state index contributed by atoms with van der Waals surface area (Å²) in [5.41, 5.74) is 7.43. The second kappa shape index (κ2) is 10.5. The van der Waals surface area contributed by atoms with E-state index >= 15 is 0 Å². The van der Waals surface area contributed by atoms with Gasteiger partial charge >= 0.3 is 0 Å². The lowest BCUT2D eigenvalue weighted by molar-refractivity contribution is -0.131. The van der Waals surface area contributed by atoms with E-state index in [0.29, 0.717) is 11.7 Å². The second-order valence-corrected chi connectivity index (χ2v) is 7.10. The Morgan fingerprint density at radius 2 is 1.80 bits per heavy atom. The van der Waals surface area contributed by atoms with Crippen molar-refractivity contribution in [2.24, 2.45) is 0 Å². The summed E-state index contributed by atoms with van der Waals surface area (Å²) in [6, 6.07) is 13.5. The van der Waals surface area contributed by atoms with Crippen molar-refractivity contribution in [2.45, 2.75) is 29.5 Å². The fraction of sp³-hybridized carbons (Fsp3) is 0.333. The maximum atomic E-state index is 12.4. The largest absolute Gasteiger partial charge is 0.399 e. The smallest absolute Gasteiger partial charge is 0.226 e. The first-order valence-corrected chi connectivity index (χ1v) is 8.78. The minimum absolute atomic E-state index is 0. The molecule has 0 bridgehead atoms. The molecule has 0 aliphatic carbocycles. The van der Waals surface area contributed by atoms with Crippen molar-refractivity contribution in [3.63, 3.8) is 0 Å². The van der Waals surface area contributed by atoms with Crippen LogP contribution in [-0.2, 0) is 11.2 Å². The highest BCUT2D eigenvalue weighted by Gasteiger charge is 2.23. The van der Waals surface area contributed by atoms with Gasteiger partial charge in [-0.05, 0) is 42.7 Å². The number of pyridine rings is 1. The molecule has 4 nitrogen and oxygen atoms in total. The van der Waals surface area contributed by atoms with Crippen molar-refractivity contribution < 1.29 is 4.79 Å². The van der Waals surface area contributed by atoms with Crippen LogP contribution in [0.4, 0.5) is 5.69 Å². The van der Waals surface area contributed by atoms with Crippen LogP contribution >= 0.6 is 36.6 Å². The molecule has 0 saturated carbocycles. The van der Waals surface area contributed by atoms with Gasteiger partial charge in [-0.15, -0.1) is 36.6 Å². The number of thioether (sulfide) groups is 1. The van der Waals surface area contributed by atoms with E-state index in [-0.39, 0.29) is 30.7 Å². The lowest BCUT2D eigenvalue weighted by Gasteiger charge is -2.31. The van der Waals surface area contributed by atoms with Crippen LogP contribution in [0.2, 0.25) is 0 Å². The van der Waals surface area contributed by atoms with Crippen molar-refractivity contribution in [2.75, 3.05) is 18.8 Å². The molecule has 0 spiro atoms. The second-order valence-electron chi connectivity index (χ2n) is 5.78. The van der Waals surface area contributed by atoms with Gasteiger partial charge in [0.05, 0.1) is 11.4 Å². The van der Waals surface area contributed by atoms with E-state index in [1.165, 1.54) is 0 Å². The molecule has 25 heavy (non-hydrogen) atoms. The highest BCUT2D eigenvalue weighted by molar-refractivity contribution is 7.99. The molecule has 1 aromatic carbocycles. The van der Waals surface area contributed by atoms with Gasteiger partial charge in [0, 0.05) is 30.2 Å². The summed E-state index contributed by atoms with van der Waals surface area (Å²) in [6.07, 6.45) is 4.33. The Hall–Kier alpha value is -1.43. The highest BCUT2D eigenvalue weighted by Crippen LogP contribution is 2.29. The fourth-order valence-electron chi connectivity index (χ4n) is 2.73. The van der Waals surface area contributed by atoms with Gasteiger partial charge in [0.15, 0.2) is 0 Å². The average molecular weight is 400 g/mol. The Labute approximate surface area is 165 Å². The quantitative estimate of drug-likeness (QED) is 0.793. The summed E-state index contributed by atoms with van der Waals surface area (Å²) in [4.78, 5) is 18.7. The van der Waals surface area contributed by atoms with Gasteiger partial charge < -0.3 is 10.6 Å². The number of amides is 1. The lowest BCUT2D eigenvalue weighted by atomic mass is 10.1.